The second-order valence-corrected chi connectivity index (χ2v) is 6.02. The molecule has 0 N–H and O–H groups in total. The molecule has 0 radical (unpaired) electrons. The standard InChI is InChI=1S/C21H13N5/c22-12-15-9-10-20(25-13-23-16-5-1-3-7-18(16)25)21(11-15)26-14-24-17-6-2-4-8-19(17)26/h1-11,13-14H. The minimum Gasteiger partial charge on any atom is -0.297 e. The van der Waals surface area contributed by atoms with E-state index in [1.807, 2.05) is 82.2 Å². The van der Waals surface area contributed by atoms with E-state index in [1.54, 1.807) is 6.33 Å². The maximum absolute atomic E-state index is 9.37. The molecule has 5 heteroatoms. The molecule has 0 fully saturated rings. The molecule has 0 bridgehead atoms. The van der Waals surface area contributed by atoms with E-state index in [9.17, 15) is 5.26 Å². The van der Waals surface area contributed by atoms with Gasteiger partial charge in [-0.1, -0.05) is 24.3 Å². The van der Waals surface area contributed by atoms with Crippen molar-refractivity contribution in [1.82, 2.24) is 19.1 Å². The molecule has 0 aliphatic rings. The molecule has 2 aromatic heterocycles. The molecule has 0 unspecified atom stereocenters. The number of nitriles is 1. The van der Waals surface area contributed by atoms with Crippen molar-refractivity contribution in [2.75, 3.05) is 0 Å². The molecule has 0 aliphatic carbocycles. The monoisotopic (exact) mass is 335 g/mol. The molecule has 0 spiro atoms. The number of hydrogen-bond donors (Lipinski definition) is 0. The molecule has 5 rings (SSSR count). The van der Waals surface area contributed by atoms with Gasteiger partial charge in [0.1, 0.15) is 12.7 Å². The van der Waals surface area contributed by atoms with Gasteiger partial charge in [0, 0.05) is 0 Å². The maximum Gasteiger partial charge on any atom is 0.100 e. The van der Waals surface area contributed by atoms with Crippen LogP contribution in [-0.2, 0) is 0 Å². The Morgan fingerprint density at radius 1 is 0.692 bits per heavy atom. The van der Waals surface area contributed by atoms with Gasteiger partial charge in [0.15, 0.2) is 0 Å². The van der Waals surface area contributed by atoms with Crippen LogP contribution in [0.3, 0.4) is 0 Å². The summed E-state index contributed by atoms with van der Waals surface area (Å²) in [4.78, 5) is 8.99. The number of nitrogens with zero attached hydrogens (tertiary/aromatic N) is 5. The Kier molecular flexibility index (Phi) is 3.09. The lowest BCUT2D eigenvalue weighted by Gasteiger charge is -2.13. The Morgan fingerprint density at radius 2 is 1.27 bits per heavy atom. The second kappa shape index (κ2) is 5.57. The van der Waals surface area contributed by atoms with Gasteiger partial charge < -0.3 is 0 Å². The molecule has 0 atom stereocenters. The SMILES string of the molecule is N#Cc1ccc(-n2cnc3ccccc32)c(-n2cnc3ccccc32)c1. The third-order valence-corrected chi connectivity index (χ3v) is 4.53. The third-order valence-electron chi connectivity index (χ3n) is 4.53. The van der Waals surface area contributed by atoms with Crippen molar-refractivity contribution in [3.8, 4) is 17.4 Å². The van der Waals surface area contributed by atoms with Crippen molar-refractivity contribution in [3.05, 3.63) is 84.9 Å². The molecule has 2 heterocycles. The topological polar surface area (TPSA) is 59.4 Å². The number of benzene rings is 3. The highest BCUT2D eigenvalue weighted by Crippen LogP contribution is 2.27. The van der Waals surface area contributed by atoms with Crippen LogP contribution in [0.1, 0.15) is 5.56 Å². The summed E-state index contributed by atoms with van der Waals surface area (Å²) in [5.74, 6) is 0. The van der Waals surface area contributed by atoms with Crippen LogP contribution in [0.5, 0.6) is 0 Å². The van der Waals surface area contributed by atoms with Gasteiger partial charge in [-0.2, -0.15) is 5.26 Å². The van der Waals surface area contributed by atoms with E-state index in [-0.39, 0.29) is 0 Å². The number of imidazole rings is 2. The van der Waals surface area contributed by atoms with Crippen LogP contribution in [0.2, 0.25) is 0 Å². The van der Waals surface area contributed by atoms with E-state index in [1.165, 1.54) is 0 Å². The lowest BCUT2D eigenvalue weighted by Crippen LogP contribution is -2.02. The van der Waals surface area contributed by atoms with Crippen molar-refractivity contribution in [2.24, 2.45) is 0 Å². The molecular weight excluding hydrogens is 322 g/mol. The Morgan fingerprint density at radius 3 is 1.88 bits per heavy atom. The fourth-order valence-corrected chi connectivity index (χ4v) is 3.29. The second-order valence-electron chi connectivity index (χ2n) is 6.02. The van der Waals surface area contributed by atoms with Gasteiger partial charge >= 0.3 is 0 Å². The average Bonchev–Trinajstić information content (AvgIpc) is 3.32. The first-order chi connectivity index (χ1) is 12.8. The Balaban J connectivity index is 1.84. The largest absolute Gasteiger partial charge is 0.297 e. The molecule has 0 amide bonds. The zero-order valence-corrected chi connectivity index (χ0v) is 13.7. The van der Waals surface area contributed by atoms with Gasteiger partial charge in [-0.15, -0.1) is 0 Å². The zero-order chi connectivity index (χ0) is 17.5. The summed E-state index contributed by atoms with van der Waals surface area (Å²) in [6.45, 7) is 0. The first-order valence-corrected chi connectivity index (χ1v) is 8.24. The van der Waals surface area contributed by atoms with Crippen molar-refractivity contribution < 1.29 is 0 Å². The summed E-state index contributed by atoms with van der Waals surface area (Å²) >= 11 is 0. The maximum atomic E-state index is 9.37. The van der Waals surface area contributed by atoms with Crippen LogP contribution >= 0.6 is 0 Å². The van der Waals surface area contributed by atoms with E-state index in [4.69, 9.17) is 0 Å². The van der Waals surface area contributed by atoms with Gasteiger partial charge in [0.25, 0.3) is 0 Å². The highest BCUT2D eigenvalue weighted by Gasteiger charge is 2.13. The average molecular weight is 335 g/mol. The molecular formula is C21H13N5. The van der Waals surface area contributed by atoms with Crippen LogP contribution < -0.4 is 0 Å². The smallest absolute Gasteiger partial charge is 0.100 e. The van der Waals surface area contributed by atoms with E-state index in [0.29, 0.717) is 5.56 Å². The predicted octanol–water partition coefficient (Wildman–Crippen LogP) is 4.24. The predicted molar refractivity (Wildman–Crippen MR) is 100 cm³/mol. The van der Waals surface area contributed by atoms with E-state index >= 15 is 0 Å². The quantitative estimate of drug-likeness (QED) is 0.485. The molecule has 122 valence electrons. The van der Waals surface area contributed by atoms with E-state index in [2.05, 4.69) is 16.0 Å². The fraction of sp³-hybridized carbons (Fsp3) is 0. The molecule has 5 aromatic rings. The molecule has 5 nitrogen and oxygen atoms in total. The number of hydrogen-bond acceptors (Lipinski definition) is 3. The molecule has 0 saturated heterocycles. The fourth-order valence-electron chi connectivity index (χ4n) is 3.29. The van der Waals surface area contributed by atoms with Gasteiger partial charge in [0.2, 0.25) is 0 Å². The van der Waals surface area contributed by atoms with Gasteiger partial charge in [0.05, 0.1) is 45.1 Å². The van der Waals surface area contributed by atoms with Crippen LogP contribution in [0.4, 0.5) is 0 Å². The van der Waals surface area contributed by atoms with E-state index < -0.39 is 0 Å². The first kappa shape index (κ1) is 14.4. The number of fused-ring (bicyclic) bond motifs is 2. The van der Waals surface area contributed by atoms with Gasteiger partial charge in [-0.05, 0) is 42.5 Å². The normalized spacial score (nSPS) is 11.0. The van der Waals surface area contributed by atoms with Crippen molar-refractivity contribution in [1.29, 1.82) is 5.26 Å². The lowest BCUT2D eigenvalue weighted by molar-refractivity contribution is 1.02. The Labute approximate surface area is 149 Å². The minimum absolute atomic E-state index is 0.603. The summed E-state index contributed by atoms with van der Waals surface area (Å²) < 4.78 is 4.06. The number of rotatable bonds is 2. The third kappa shape index (κ3) is 2.10. The number of aromatic nitrogens is 4. The molecule has 26 heavy (non-hydrogen) atoms. The Hall–Kier alpha value is -3.91. The lowest BCUT2D eigenvalue weighted by atomic mass is 10.1. The molecule has 0 aliphatic heterocycles. The summed E-state index contributed by atoms with van der Waals surface area (Å²) in [5.41, 5.74) is 6.29. The van der Waals surface area contributed by atoms with Crippen LogP contribution in [0.15, 0.2) is 79.4 Å². The number of para-hydroxylation sites is 4. The van der Waals surface area contributed by atoms with Crippen LogP contribution in [-0.4, -0.2) is 19.1 Å². The van der Waals surface area contributed by atoms with Crippen molar-refractivity contribution in [3.63, 3.8) is 0 Å². The highest BCUT2D eigenvalue weighted by molar-refractivity contribution is 5.81. The molecule has 3 aromatic carbocycles. The summed E-state index contributed by atoms with van der Waals surface area (Å²) in [5, 5.41) is 9.37. The first-order valence-electron chi connectivity index (χ1n) is 8.24. The van der Waals surface area contributed by atoms with Crippen molar-refractivity contribution in [2.45, 2.75) is 0 Å². The summed E-state index contributed by atoms with van der Waals surface area (Å²) in [6, 6.07) is 23.9. The summed E-state index contributed by atoms with van der Waals surface area (Å²) in [6.07, 6.45) is 3.61. The highest BCUT2D eigenvalue weighted by atomic mass is 15.1. The van der Waals surface area contributed by atoms with Gasteiger partial charge in [-0.25, -0.2) is 9.97 Å². The zero-order valence-electron chi connectivity index (χ0n) is 13.7. The Bertz CT molecular complexity index is 1300. The summed E-state index contributed by atoms with van der Waals surface area (Å²) in [7, 11) is 0. The van der Waals surface area contributed by atoms with Crippen molar-refractivity contribution >= 4 is 22.1 Å². The minimum atomic E-state index is 0.603. The van der Waals surface area contributed by atoms with E-state index in [0.717, 1.165) is 33.4 Å². The van der Waals surface area contributed by atoms with Gasteiger partial charge in [-0.3, -0.25) is 9.13 Å². The van der Waals surface area contributed by atoms with Crippen LogP contribution in [0.25, 0.3) is 33.4 Å². The van der Waals surface area contributed by atoms with Crippen LogP contribution in [0, 0.1) is 11.3 Å². The molecule has 0 saturated carbocycles.